The largest absolute Gasteiger partial charge is 0.492 e. The molecule has 88 valence electrons. The van der Waals surface area contributed by atoms with Gasteiger partial charge in [0, 0.05) is 11.6 Å². The molecule has 1 aromatic rings. The fourth-order valence-corrected chi connectivity index (χ4v) is 2.87. The fourth-order valence-electron chi connectivity index (χ4n) is 2.42. The Kier molecular flexibility index (Phi) is 3.38. The van der Waals surface area contributed by atoms with Crippen molar-refractivity contribution in [1.29, 1.82) is 0 Å². The number of hydrogen-bond acceptors (Lipinski definition) is 2. The van der Waals surface area contributed by atoms with E-state index in [2.05, 4.69) is 18.0 Å². The van der Waals surface area contributed by atoms with Crippen molar-refractivity contribution in [2.75, 3.05) is 6.61 Å². The predicted octanol–water partition coefficient (Wildman–Crippen LogP) is 3.53. The highest BCUT2D eigenvalue weighted by Crippen LogP contribution is 2.43. The van der Waals surface area contributed by atoms with Gasteiger partial charge >= 0.3 is 0 Å². The maximum Gasteiger partial charge on any atom is 0.137 e. The summed E-state index contributed by atoms with van der Waals surface area (Å²) in [6, 6.07) is 2.10. The van der Waals surface area contributed by atoms with Gasteiger partial charge in [0.15, 0.2) is 0 Å². The summed E-state index contributed by atoms with van der Waals surface area (Å²) in [7, 11) is 0. The summed E-state index contributed by atoms with van der Waals surface area (Å²) >= 11 is 6.20. The first-order valence-corrected chi connectivity index (χ1v) is 6.30. The Labute approximate surface area is 102 Å². The molecule has 0 amide bonds. The number of nitrogens with zero attached hydrogens (tertiary/aromatic N) is 1. The van der Waals surface area contributed by atoms with E-state index >= 15 is 0 Å². The Bertz CT molecular complexity index is 369. The van der Waals surface area contributed by atoms with Crippen molar-refractivity contribution >= 4 is 11.6 Å². The molecule has 0 aliphatic heterocycles. The molecule has 0 radical (unpaired) electrons. The average Bonchev–Trinajstić information content (AvgIpc) is 2.61. The van der Waals surface area contributed by atoms with E-state index < -0.39 is 0 Å². The van der Waals surface area contributed by atoms with Gasteiger partial charge in [0.05, 0.1) is 12.8 Å². The van der Waals surface area contributed by atoms with Crippen LogP contribution in [0.1, 0.15) is 38.7 Å². The molecule has 1 saturated carbocycles. The molecule has 3 heteroatoms. The number of rotatable bonds is 3. The zero-order valence-electron chi connectivity index (χ0n) is 9.87. The SMILES string of the molecule is CCOc1cncc(C2(C)CCC(Cl)C2)c1. The van der Waals surface area contributed by atoms with Gasteiger partial charge in [0.1, 0.15) is 5.75 Å². The van der Waals surface area contributed by atoms with E-state index in [0.717, 1.165) is 25.0 Å². The lowest BCUT2D eigenvalue weighted by molar-refractivity contribution is 0.337. The first kappa shape index (κ1) is 11.7. The van der Waals surface area contributed by atoms with Gasteiger partial charge in [-0.2, -0.15) is 0 Å². The highest BCUT2D eigenvalue weighted by molar-refractivity contribution is 6.20. The molecule has 2 atom stereocenters. The van der Waals surface area contributed by atoms with Gasteiger partial charge in [-0.15, -0.1) is 11.6 Å². The summed E-state index contributed by atoms with van der Waals surface area (Å²) in [6.07, 6.45) is 6.97. The summed E-state index contributed by atoms with van der Waals surface area (Å²) in [5.74, 6) is 0.860. The molecule has 1 aliphatic carbocycles. The van der Waals surface area contributed by atoms with Crippen molar-refractivity contribution in [1.82, 2.24) is 4.98 Å². The molecule has 2 nitrogen and oxygen atoms in total. The molecule has 1 fully saturated rings. The molecule has 1 aromatic heterocycles. The van der Waals surface area contributed by atoms with Gasteiger partial charge in [-0.25, -0.2) is 0 Å². The molecule has 0 aromatic carbocycles. The van der Waals surface area contributed by atoms with E-state index in [1.807, 2.05) is 13.1 Å². The second-order valence-electron chi connectivity index (χ2n) is 4.74. The zero-order chi connectivity index (χ0) is 11.6. The van der Waals surface area contributed by atoms with Crippen LogP contribution in [-0.2, 0) is 5.41 Å². The fraction of sp³-hybridized carbons (Fsp3) is 0.615. The highest BCUT2D eigenvalue weighted by Gasteiger charge is 2.36. The van der Waals surface area contributed by atoms with Crippen LogP contribution < -0.4 is 4.74 Å². The van der Waals surface area contributed by atoms with Gasteiger partial charge in [0.2, 0.25) is 0 Å². The molecule has 16 heavy (non-hydrogen) atoms. The normalized spacial score (nSPS) is 29.3. The molecule has 0 saturated heterocycles. The van der Waals surface area contributed by atoms with Gasteiger partial charge in [0.25, 0.3) is 0 Å². The van der Waals surface area contributed by atoms with Crippen molar-refractivity contribution in [2.45, 2.75) is 43.9 Å². The van der Waals surface area contributed by atoms with E-state index in [4.69, 9.17) is 16.3 Å². The zero-order valence-corrected chi connectivity index (χ0v) is 10.6. The molecule has 1 aliphatic rings. The number of alkyl halides is 1. The number of pyridine rings is 1. The number of ether oxygens (including phenoxy) is 1. The molecule has 2 rings (SSSR count). The van der Waals surface area contributed by atoms with E-state index in [1.54, 1.807) is 6.20 Å². The topological polar surface area (TPSA) is 22.1 Å². The van der Waals surface area contributed by atoms with Crippen molar-refractivity contribution in [2.24, 2.45) is 0 Å². The third-order valence-electron chi connectivity index (χ3n) is 3.40. The molecular weight excluding hydrogens is 222 g/mol. The second kappa shape index (κ2) is 4.62. The smallest absolute Gasteiger partial charge is 0.137 e. The summed E-state index contributed by atoms with van der Waals surface area (Å²) in [4.78, 5) is 4.25. The van der Waals surface area contributed by atoms with Crippen LogP contribution in [0.4, 0.5) is 0 Å². The molecule has 0 N–H and O–H groups in total. The van der Waals surface area contributed by atoms with Gasteiger partial charge in [-0.1, -0.05) is 6.92 Å². The maximum absolute atomic E-state index is 6.20. The lowest BCUT2D eigenvalue weighted by Crippen LogP contribution is -2.18. The van der Waals surface area contributed by atoms with Crippen molar-refractivity contribution in [3.8, 4) is 5.75 Å². The van der Waals surface area contributed by atoms with Crippen LogP contribution in [-0.4, -0.2) is 17.0 Å². The predicted molar refractivity (Wildman–Crippen MR) is 66.3 cm³/mol. The molecule has 0 bridgehead atoms. The first-order valence-electron chi connectivity index (χ1n) is 5.86. The van der Waals surface area contributed by atoms with Crippen molar-refractivity contribution in [3.63, 3.8) is 0 Å². The van der Waals surface area contributed by atoms with Crippen molar-refractivity contribution in [3.05, 3.63) is 24.0 Å². The summed E-state index contributed by atoms with van der Waals surface area (Å²) < 4.78 is 5.48. The van der Waals surface area contributed by atoms with E-state index in [9.17, 15) is 0 Å². The van der Waals surface area contributed by atoms with E-state index in [-0.39, 0.29) is 5.41 Å². The Hall–Kier alpha value is -0.760. The van der Waals surface area contributed by atoms with Gasteiger partial charge < -0.3 is 4.74 Å². The van der Waals surface area contributed by atoms with Crippen LogP contribution in [0.3, 0.4) is 0 Å². The Morgan fingerprint density at radius 2 is 2.38 bits per heavy atom. The van der Waals surface area contributed by atoms with Crippen LogP contribution in [0, 0.1) is 0 Å². The Morgan fingerprint density at radius 3 is 3.00 bits per heavy atom. The maximum atomic E-state index is 6.20. The van der Waals surface area contributed by atoms with E-state index in [0.29, 0.717) is 12.0 Å². The lowest BCUT2D eigenvalue weighted by atomic mass is 9.82. The van der Waals surface area contributed by atoms with Crippen LogP contribution >= 0.6 is 11.6 Å². The van der Waals surface area contributed by atoms with Crippen LogP contribution in [0.15, 0.2) is 18.5 Å². The third-order valence-corrected chi connectivity index (χ3v) is 3.77. The monoisotopic (exact) mass is 239 g/mol. The minimum absolute atomic E-state index is 0.173. The second-order valence-corrected chi connectivity index (χ2v) is 5.36. The minimum atomic E-state index is 0.173. The number of halogens is 1. The molecule has 0 spiro atoms. The van der Waals surface area contributed by atoms with Gasteiger partial charge in [-0.05, 0) is 43.2 Å². The first-order chi connectivity index (χ1) is 7.64. The summed E-state index contributed by atoms with van der Waals surface area (Å²) in [5.41, 5.74) is 1.42. The highest BCUT2D eigenvalue weighted by atomic mass is 35.5. The third kappa shape index (κ3) is 2.32. The van der Waals surface area contributed by atoms with Gasteiger partial charge in [-0.3, -0.25) is 4.98 Å². The quantitative estimate of drug-likeness (QED) is 0.753. The molecule has 2 unspecified atom stereocenters. The Balaban J connectivity index is 2.22. The number of aromatic nitrogens is 1. The van der Waals surface area contributed by atoms with E-state index in [1.165, 1.54) is 5.56 Å². The molecular formula is C13H18ClNO. The average molecular weight is 240 g/mol. The van der Waals surface area contributed by atoms with Crippen LogP contribution in [0.5, 0.6) is 5.75 Å². The summed E-state index contributed by atoms with van der Waals surface area (Å²) in [5, 5.41) is 0.306. The number of hydrogen-bond donors (Lipinski definition) is 0. The molecule has 1 heterocycles. The standard InChI is InChI=1S/C13H18ClNO/c1-3-16-12-6-10(8-15-9-12)13(2)5-4-11(14)7-13/h6,8-9,11H,3-5,7H2,1-2H3. The summed E-state index contributed by atoms with van der Waals surface area (Å²) in [6.45, 7) is 4.93. The minimum Gasteiger partial charge on any atom is -0.492 e. The van der Waals surface area contributed by atoms with Crippen LogP contribution in [0.25, 0.3) is 0 Å². The lowest BCUT2D eigenvalue weighted by Gasteiger charge is -2.24. The van der Waals surface area contributed by atoms with Crippen molar-refractivity contribution < 1.29 is 4.74 Å². The Morgan fingerprint density at radius 1 is 1.56 bits per heavy atom. The van der Waals surface area contributed by atoms with Crippen LogP contribution in [0.2, 0.25) is 0 Å².